The number of rotatable bonds is 3. The maximum absolute atomic E-state index is 12.2. The lowest BCUT2D eigenvalue weighted by Crippen LogP contribution is -2.12. The third kappa shape index (κ3) is 3.38. The van der Waals surface area contributed by atoms with Crippen molar-refractivity contribution in [1.82, 2.24) is 0 Å². The van der Waals surface area contributed by atoms with Crippen molar-refractivity contribution in [2.75, 3.05) is 4.72 Å². The molecule has 0 spiro atoms. The van der Waals surface area contributed by atoms with Gasteiger partial charge in [0.2, 0.25) is 0 Å². The van der Waals surface area contributed by atoms with Crippen molar-refractivity contribution in [2.24, 2.45) is 0 Å². The van der Waals surface area contributed by atoms with E-state index in [2.05, 4.69) is 20.7 Å². The summed E-state index contributed by atoms with van der Waals surface area (Å²) in [6.07, 6.45) is 0. The number of hydrogen-bond acceptors (Lipinski definition) is 3. The zero-order valence-corrected chi connectivity index (χ0v) is 13.7. The number of sulfonamides is 1. The van der Waals surface area contributed by atoms with Gasteiger partial charge >= 0.3 is 0 Å². The first kappa shape index (κ1) is 15.4. The predicted octanol–water partition coefficient (Wildman–Crippen LogP) is 4.26. The van der Waals surface area contributed by atoms with Gasteiger partial charge in [-0.05, 0) is 52.3 Å². The van der Waals surface area contributed by atoms with Crippen LogP contribution < -0.4 is 4.72 Å². The van der Waals surface area contributed by atoms with Crippen LogP contribution in [0.3, 0.4) is 0 Å². The molecule has 2 aromatic carbocycles. The molecular weight excluding hydrogens is 389 g/mol. The second-order valence-corrected chi connectivity index (χ2v) is 7.20. The Morgan fingerprint density at radius 3 is 2.35 bits per heavy atom. The Kier molecular flexibility index (Phi) is 4.49. The van der Waals surface area contributed by atoms with Gasteiger partial charge < -0.3 is 5.11 Å². The zero-order chi connectivity index (χ0) is 14.9. The van der Waals surface area contributed by atoms with Crippen LogP contribution in [0, 0.1) is 0 Å². The van der Waals surface area contributed by atoms with Crippen LogP contribution in [0.25, 0.3) is 0 Å². The van der Waals surface area contributed by atoms with Gasteiger partial charge in [0.25, 0.3) is 10.0 Å². The fourth-order valence-corrected chi connectivity index (χ4v) is 3.33. The first-order valence-electron chi connectivity index (χ1n) is 5.26. The topological polar surface area (TPSA) is 66.4 Å². The van der Waals surface area contributed by atoms with E-state index in [9.17, 15) is 13.5 Å². The van der Waals surface area contributed by atoms with E-state index in [0.29, 0.717) is 9.50 Å². The summed E-state index contributed by atoms with van der Waals surface area (Å²) in [5, 5.41) is 9.77. The molecule has 0 saturated heterocycles. The van der Waals surface area contributed by atoms with E-state index in [4.69, 9.17) is 23.2 Å². The molecule has 8 heteroatoms. The SMILES string of the molecule is O=S(=O)(Nc1ccc(O)c(Cl)c1)c1ccc(Cl)c(Br)c1. The summed E-state index contributed by atoms with van der Waals surface area (Å²) in [5.74, 6) is -0.121. The van der Waals surface area contributed by atoms with E-state index in [1.807, 2.05) is 0 Å². The van der Waals surface area contributed by atoms with Gasteiger partial charge in [-0.1, -0.05) is 23.2 Å². The third-order valence-corrected chi connectivity index (χ3v) is 5.30. The van der Waals surface area contributed by atoms with Crippen LogP contribution in [0.5, 0.6) is 5.75 Å². The summed E-state index contributed by atoms with van der Waals surface area (Å²) in [4.78, 5) is 0.0537. The summed E-state index contributed by atoms with van der Waals surface area (Å²) >= 11 is 14.7. The number of phenols is 1. The number of anilines is 1. The van der Waals surface area contributed by atoms with Gasteiger partial charge in [0.15, 0.2) is 0 Å². The smallest absolute Gasteiger partial charge is 0.261 e. The third-order valence-electron chi connectivity index (χ3n) is 2.40. The Morgan fingerprint density at radius 2 is 1.75 bits per heavy atom. The largest absolute Gasteiger partial charge is 0.506 e. The van der Waals surface area contributed by atoms with Crippen molar-refractivity contribution in [3.63, 3.8) is 0 Å². The lowest BCUT2D eigenvalue weighted by Gasteiger charge is -2.09. The highest BCUT2D eigenvalue weighted by molar-refractivity contribution is 9.10. The maximum atomic E-state index is 12.2. The van der Waals surface area contributed by atoms with Gasteiger partial charge in [-0.15, -0.1) is 0 Å². The van der Waals surface area contributed by atoms with Crippen molar-refractivity contribution in [1.29, 1.82) is 0 Å². The van der Waals surface area contributed by atoms with Crippen LogP contribution in [-0.4, -0.2) is 13.5 Å². The Morgan fingerprint density at radius 1 is 1.05 bits per heavy atom. The fraction of sp³-hybridized carbons (Fsp3) is 0. The monoisotopic (exact) mass is 395 g/mol. The van der Waals surface area contributed by atoms with Crippen LogP contribution in [-0.2, 0) is 10.0 Å². The van der Waals surface area contributed by atoms with Gasteiger partial charge in [0.05, 0.1) is 20.6 Å². The molecule has 0 atom stereocenters. The number of aromatic hydroxyl groups is 1. The van der Waals surface area contributed by atoms with E-state index in [0.717, 1.165) is 0 Å². The Balaban J connectivity index is 2.35. The molecule has 0 amide bonds. The van der Waals surface area contributed by atoms with E-state index < -0.39 is 10.0 Å². The average molecular weight is 397 g/mol. The molecule has 0 aliphatic carbocycles. The molecule has 0 saturated carbocycles. The summed E-state index contributed by atoms with van der Waals surface area (Å²) in [5.41, 5.74) is 0.249. The van der Waals surface area contributed by atoms with Crippen LogP contribution in [0.1, 0.15) is 0 Å². The summed E-state index contributed by atoms with van der Waals surface area (Å²) in [7, 11) is -3.76. The van der Waals surface area contributed by atoms with Gasteiger partial charge in [0.1, 0.15) is 5.75 Å². The molecule has 106 valence electrons. The first-order valence-corrected chi connectivity index (χ1v) is 8.29. The van der Waals surface area contributed by atoms with E-state index in [-0.39, 0.29) is 21.4 Å². The summed E-state index contributed by atoms with van der Waals surface area (Å²) < 4.78 is 27.2. The molecular formula is C12H8BrCl2NO3S. The molecule has 0 radical (unpaired) electrons. The summed E-state index contributed by atoms with van der Waals surface area (Å²) in [6, 6.07) is 8.29. The zero-order valence-electron chi connectivity index (χ0n) is 9.77. The molecule has 0 aromatic heterocycles. The summed E-state index contributed by atoms with van der Waals surface area (Å²) in [6.45, 7) is 0. The highest BCUT2D eigenvalue weighted by Crippen LogP contribution is 2.29. The highest BCUT2D eigenvalue weighted by Gasteiger charge is 2.16. The average Bonchev–Trinajstić information content (AvgIpc) is 2.37. The molecule has 2 N–H and O–H groups in total. The van der Waals surface area contributed by atoms with Gasteiger partial charge in [0, 0.05) is 4.47 Å². The molecule has 0 bridgehead atoms. The van der Waals surface area contributed by atoms with Gasteiger partial charge in [-0.2, -0.15) is 0 Å². The molecule has 0 heterocycles. The highest BCUT2D eigenvalue weighted by atomic mass is 79.9. The Bertz CT molecular complexity index is 765. The molecule has 0 aliphatic heterocycles. The number of hydrogen-bond donors (Lipinski definition) is 2. The van der Waals surface area contributed by atoms with Crippen molar-refractivity contribution in [3.05, 3.63) is 50.9 Å². The second kappa shape index (κ2) is 5.81. The maximum Gasteiger partial charge on any atom is 0.261 e. The Labute approximate surface area is 134 Å². The van der Waals surface area contributed by atoms with Crippen molar-refractivity contribution >= 4 is 54.8 Å². The lowest BCUT2D eigenvalue weighted by molar-refractivity contribution is 0.475. The molecule has 4 nitrogen and oxygen atoms in total. The molecule has 20 heavy (non-hydrogen) atoms. The first-order chi connectivity index (χ1) is 9.29. The second-order valence-electron chi connectivity index (χ2n) is 3.85. The normalized spacial score (nSPS) is 11.3. The number of benzene rings is 2. The quantitative estimate of drug-likeness (QED) is 0.761. The number of phenolic OH excluding ortho intramolecular Hbond substituents is 1. The fourth-order valence-electron chi connectivity index (χ4n) is 1.43. The van der Waals surface area contributed by atoms with Crippen LogP contribution in [0.4, 0.5) is 5.69 Å². The lowest BCUT2D eigenvalue weighted by atomic mass is 10.3. The minimum atomic E-state index is -3.76. The van der Waals surface area contributed by atoms with Crippen molar-refractivity contribution < 1.29 is 13.5 Å². The molecule has 0 fully saturated rings. The van der Waals surface area contributed by atoms with E-state index >= 15 is 0 Å². The van der Waals surface area contributed by atoms with Gasteiger partial charge in [-0.3, -0.25) is 4.72 Å². The van der Waals surface area contributed by atoms with Crippen molar-refractivity contribution in [2.45, 2.75) is 4.90 Å². The molecule has 2 aromatic rings. The Hall–Kier alpha value is -0.950. The molecule has 2 rings (SSSR count). The van der Waals surface area contributed by atoms with Crippen molar-refractivity contribution in [3.8, 4) is 5.75 Å². The standard InChI is InChI=1S/C12H8BrCl2NO3S/c13-9-6-8(2-3-10(9)14)20(18,19)16-7-1-4-12(17)11(15)5-7/h1-6,16-17H. The van der Waals surface area contributed by atoms with Gasteiger partial charge in [-0.25, -0.2) is 8.42 Å². The minimum absolute atomic E-state index is 0.0537. The number of halogens is 3. The number of nitrogens with one attached hydrogen (secondary N) is 1. The molecule has 0 aliphatic rings. The predicted molar refractivity (Wildman–Crippen MR) is 83.1 cm³/mol. The van der Waals surface area contributed by atoms with E-state index in [1.54, 1.807) is 0 Å². The minimum Gasteiger partial charge on any atom is -0.506 e. The van der Waals surface area contributed by atoms with E-state index in [1.165, 1.54) is 36.4 Å². The van der Waals surface area contributed by atoms with Crippen LogP contribution in [0.2, 0.25) is 10.0 Å². The van der Waals surface area contributed by atoms with Crippen LogP contribution in [0.15, 0.2) is 45.8 Å². The van der Waals surface area contributed by atoms with Crippen LogP contribution >= 0.6 is 39.1 Å². The molecule has 0 unspecified atom stereocenters.